The molecule has 0 bridgehead atoms. The number of hydrogen-bond acceptors (Lipinski definition) is 4. The molecule has 2 nitrogen and oxygen atoms in total. The molecule has 0 amide bonds. The smallest absolute Gasteiger partial charge is 0.137 e. The van der Waals surface area contributed by atoms with Gasteiger partial charge in [0.2, 0.25) is 0 Å². The highest BCUT2D eigenvalue weighted by Crippen LogP contribution is 2.04. The second-order valence-corrected chi connectivity index (χ2v) is 2.07. The highest BCUT2D eigenvalue weighted by molar-refractivity contribution is 8.09. The Morgan fingerprint density at radius 3 is 1.62 bits per heavy atom. The summed E-state index contributed by atoms with van der Waals surface area (Å²) in [6.07, 6.45) is 0. The minimum atomic E-state index is 1.00. The fourth-order valence-electron chi connectivity index (χ4n) is 0.116. The van der Waals surface area contributed by atoms with Gasteiger partial charge in [-0.2, -0.15) is 10.5 Å². The van der Waals surface area contributed by atoms with Crippen molar-refractivity contribution < 1.29 is 0 Å². The highest BCUT2D eigenvalue weighted by Gasteiger charge is 1.71. The quantitative estimate of drug-likeness (QED) is 0.552. The van der Waals surface area contributed by atoms with Crippen LogP contribution in [0.3, 0.4) is 0 Å². The van der Waals surface area contributed by atoms with Crippen molar-refractivity contribution in [2.75, 3.05) is 0 Å². The van der Waals surface area contributed by atoms with Gasteiger partial charge in [-0.3, -0.25) is 0 Å². The van der Waals surface area contributed by atoms with E-state index in [0.717, 1.165) is 23.5 Å². The summed E-state index contributed by atoms with van der Waals surface area (Å²) in [5.74, 6) is 0. The Morgan fingerprint density at radius 1 is 1.00 bits per heavy atom. The van der Waals surface area contributed by atoms with Gasteiger partial charge in [0.05, 0.1) is 0 Å². The number of rotatable bonds is 2. The summed E-state index contributed by atoms with van der Waals surface area (Å²) in [5.41, 5.74) is 0. The highest BCUT2D eigenvalue weighted by atomic mass is 32.2. The molecule has 0 saturated heterocycles. The molecule has 40 valence electrons. The van der Waals surface area contributed by atoms with Crippen LogP contribution in [0.15, 0.2) is 10.8 Å². The SMILES string of the molecule is N#CSC=CSC#N. The van der Waals surface area contributed by atoms with Crippen LogP contribution in [-0.4, -0.2) is 0 Å². The first kappa shape index (κ1) is 7.42. The van der Waals surface area contributed by atoms with Crippen LogP contribution in [0.4, 0.5) is 0 Å². The van der Waals surface area contributed by atoms with Gasteiger partial charge >= 0.3 is 0 Å². The number of nitriles is 2. The van der Waals surface area contributed by atoms with E-state index in [2.05, 4.69) is 0 Å². The van der Waals surface area contributed by atoms with Gasteiger partial charge in [-0.25, -0.2) is 0 Å². The van der Waals surface area contributed by atoms with E-state index in [1.165, 1.54) is 0 Å². The molecule has 0 heterocycles. The largest absolute Gasteiger partial charge is 0.185 e. The second kappa shape index (κ2) is 6.42. The van der Waals surface area contributed by atoms with Crippen LogP contribution in [0.1, 0.15) is 0 Å². The Balaban J connectivity index is 3.14. The first-order valence-electron chi connectivity index (χ1n) is 1.66. The van der Waals surface area contributed by atoms with Gasteiger partial charge in [-0.1, -0.05) is 0 Å². The van der Waals surface area contributed by atoms with Crippen LogP contribution in [-0.2, 0) is 0 Å². The van der Waals surface area contributed by atoms with Crippen molar-refractivity contribution in [1.29, 1.82) is 10.5 Å². The molecule has 0 spiro atoms. The van der Waals surface area contributed by atoms with E-state index in [1.54, 1.807) is 10.8 Å². The average molecular weight is 142 g/mol. The van der Waals surface area contributed by atoms with Gasteiger partial charge in [0, 0.05) is 0 Å². The minimum Gasteiger partial charge on any atom is -0.185 e. The van der Waals surface area contributed by atoms with Crippen LogP contribution < -0.4 is 0 Å². The van der Waals surface area contributed by atoms with Crippen molar-refractivity contribution in [3.8, 4) is 10.8 Å². The fraction of sp³-hybridized carbons (Fsp3) is 0. The van der Waals surface area contributed by atoms with E-state index >= 15 is 0 Å². The molecule has 0 unspecified atom stereocenters. The summed E-state index contributed by atoms with van der Waals surface area (Å²) < 4.78 is 0. The Labute approximate surface area is 56.2 Å². The van der Waals surface area contributed by atoms with Gasteiger partial charge in [0.1, 0.15) is 10.8 Å². The van der Waals surface area contributed by atoms with E-state index in [0.29, 0.717) is 0 Å². The molecule has 4 heteroatoms. The number of hydrogen-bond donors (Lipinski definition) is 0. The van der Waals surface area contributed by atoms with Crippen molar-refractivity contribution in [3.05, 3.63) is 10.8 Å². The molecule has 0 atom stereocenters. The lowest BCUT2D eigenvalue weighted by Crippen LogP contribution is -1.40. The van der Waals surface area contributed by atoms with Crippen molar-refractivity contribution in [2.24, 2.45) is 0 Å². The molecule has 0 rings (SSSR count). The van der Waals surface area contributed by atoms with Gasteiger partial charge in [0.15, 0.2) is 0 Å². The zero-order chi connectivity index (χ0) is 6.24. The van der Waals surface area contributed by atoms with E-state index in [9.17, 15) is 0 Å². The van der Waals surface area contributed by atoms with Crippen molar-refractivity contribution in [2.45, 2.75) is 0 Å². The second-order valence-electron chi connectivity index (χ2n) is 0.690. The molecule has 0 aliphatic rings. The fourth-order valence-corrected chi connectivity index (χ4v) is 0.683. The number of thioether (sulfide) groups is 2. The average Bonchev–Trinajstić information content (AvgIpc) is 1.81. The molecule has 0 aromatic rings. The number of nitrogens with zero attached hydrogens (tertiary/aromatic N) is 2. The van der Waals surface area contributed by atoms with Gasteiger partial charge in [0.25, 0.3) is 0 Å². The Bertz CT molecular complexity index is 132. The van der Waals surface area contributed by atoms with Gasteiger partial charge in [-0.05, 0) is 34.3 Å². The molecule has 0 N–H and O–H groups in total. The maximum absolute atomic E-state index is 7.94. The summed E-state index contributed by atoms with van der Waals surface area (Å²) in [6, 6.07) is 0. The maximum Gasteiger partial charge on any atom is 0.137 e. The summed E-state index contributed by atoms with van der Waals surface area (Å²) in [7, 11) is 0. The molecular formula is C4H2N2S2. The molecule has 0 aromatic heterocycles. The van der Waals surface area contributed by atoms with E-state index in [-0.39, 0.29) is 0 Å². The summed E-state index contributed by atoms with van der Waals surface area (Å²) in [5, 5.41) is 22.7. The predicted molar refractivity (Wildman–Crippen MR) is 35.5 cm³/mol. The predicted octanol–water partition coefficient (Wildman–Crippen LogP) is 1.89. The topological polar surface area (TPSA) is 47.6 Å². The van der Waals surface area contributed by atoms with Crippen molar-refractivity contribution in [1.82, 2.24) is 0 Å². The standard InChI is InChI=1S/C4H2N2S2/c5-3-7-1-2-8-4-6/h1-2H. The lowest BCUT2D eigenvalue weighted by Gasteiger charge is -1.68. The number of thiocyanates is 2. The third kappa shape index (κ3) is 5.42. The van der Waals surface area contributed by atoms with Crippen molar-refractivity contribution >= 4 is 23.5 Å². The Kier molecular flexibility index (Phi) is 5.95. The lowest BCUT2D eigenvalue weighted by atomic mass is 11.3. The van der Waals surface area contributed by atoms with Gasteiger partial charge < -0.3 is 0 Å². The third-order valence-corrected chi connectivity index (χ3v) is 1.22. The molecule has 0 radical (unpaired) electrons. The van der Waals surface area contributed by atoms with E-state index in [1.807, 2.05) is 10.8 Å². The molecular weight excluding hydrogens is 140 g/mol. The van der Waals surface area contributed by atoms with Crippen LogP contribution in [0, 0.1) is 21.3 Å². The summed E-state index contributed by atoms with van der Waals surface area (Å²) in [4.78, 5) is 0. The third-order valence-electron chi connectivity index (χ3n) is 0.297. The zero-order valence-electron chi connectivity index (χ0n) is 3.87. The van der Waals surface area contributed by atoms with Crippen molar-refractivity contribution in [3.63, 3.8) is 0 Å². The first-order valence-corrected chi connectivity index (χ1v) is 3.42. The van der Waals surface area contributed by atoms with Crippen LogP contribution in [0.2, 0.25) is 0 Å². The molecule has 0 aliphatic heterocycles. The minimum absolute atomic E-state index is 1.00. The molecule has 0 fully saturated rings. The summed E-state index contributed by atoms with van der Waals surface area (Å²) >= 11 is 2.00. The Morgan fingerprint density at radius 2 is 1.38 bits per heavy atom. The van der Waals surface area contributed by atoms with E-state index < -0.39 is 0 Å². The van der Waals surface area contributed by atoms with Crippen LogP contribution in [0.25, 0.3) is 0 Å². The molecule has 0 aromatic carbocycles. The first-order chi connectivity index (χ1) is 3.91. The van der Waals surface area contributed by atoms with Crippen LogP contribution >= 0.6 is 23.5 Å². The molecule has 8 heavy (non-hydrogen) atoms. The molecule has 0 saturated carbocycles. The van der Waals surface area contributed by atoms with Crippen LogP contribution in [0.5, 0.6) is 0 Å². The molecule has 0 aliphatic carbocycles. The monoisotopic (exact) mass is 142 g/mol. The lowest BCUT2D eigenvalue weighted by molar-refractivity contribution is 1.57. The Hall–Kier alpha value is -0.580. The zero-order valence-corrected chi connectivity index (χ0v) is 5.50. The normalized spacial score (nSPS) is 8.25. The van der Waals surface area contributed by atoms with Gasteiger partial charge in [-0.15, -0.1) is 0 Å². The maximum atomic E-state index is 7.94. The summed E-state index contributed by atoms with van der Waals surface area (Å²) in [6.45, 7) is 0. The van der Waals surface area contributed by atoms with E-state index in [4.69, 9.17) is 10.5 Å².